The number of hydrogen-bond acceptors (Lipinski definition) is 2. The van der Waals surface area contributed by atoms with Crippen molar-refractivity contribution in [3.63, 3.8) is 0 Å². The zero-order valence-electron chi connectivity index (χ0n) is 8.34. The molecule has 0 spiro atoms. The summed E-state index contributed by atoms with van der Waals surface area (Å²) in [6, 6.07) is 2.58. The smallest absolute Gasteiger partial charge is 0.141 e. The topological polar surface area (TPSA) is 46.2 Å². The van der Waals surface area contributed by atoms with E-state index in [4.69, 9.17) is 5.73 Å². The molecule has 1 rings (SSSR count). The second kappa shape index (κ2) is 6.30. The Kier molecular flexibility index (Phi) is 6.17. The Balaban J connectivity index is 0.00000196. The van der Waals surface area contributed by atoms with Gasteiger partial charge in [0, 0.05) is 11.6 Å². The van der Waals surface area contributed by atoms with E-state index in [-0.39, 0.29) is 28.7 Å². The highest BCUT2D eigenvalue weighted by atomic mass is 79.9. The molecule has 0 radical (unpaired) electrons. The average molecular weight is 299 g/mol. The predicted octanol–water partition coefficient (Wildman–Crippen LogP) is 3.52. The highest BCUT2D eigenvalue weighted by molar-refractivity contribution is 9.10. The zero-order valence-corrected chi connectivity index (χ0v) is 10.7. The summed E-state index contributed by atoms with van der Waals surface area (Å²) in [7, 11) is 0. The minimum absolute atomic E-state index is 0. The number of hydrogen-bond donors (Lipinski definition) is 2. The van der Waals surface area contributed by atoms with Crippen LogP contribution in [0.4, 0.5) is 4.39 Å². The first-order valence-electron chi connectivity index (χ1n) is 4.50. The molecule has 0 saturated heterocycles. The third kappa shape index (κ3) is 3.33. The van der Waals surface area contributed by atoms with Gasteiger partial charge in [0.1, 0.15) is 11.6 Å². The van der Waals surface area contributed by atoms with Gasteiger partial charge in [-0.15, -0.1) is 12.4 Å². The summed E-state index contributed by atoms with van der Waals surface area (Å²) in [4.78, 5) is 0. The van der Waals surface area contributed by atoms with Crippen LogP contribution < -0.4 is 5.73 Å². The molecule has 1 aromatic carbocycles. The minimum Gasteiger partial charge on any atom is -0.506 e. The van der Waals surface area contributed by atoms with E-state index < -0.39 is 5.82 Å². The summed E-state index contributed by atoms with van der Waals surface area (Å²) in [6.07, 6.45) is 1.70. The minimum atomic E-state index is -0.477. The fourth-order valence-electron chi connectivity index (χ4n) is 1.32. The SMILES string of the molecule is CCC[C@H](N)c1ccc(F)c(Br)c1O.Cl. The van der Waals surface area contributed by atoms with Crippen LogP contribution >= 0.6 is 28.3 Å². The number of phenols is 1. The molecule has 0 aliphatic rings. The fraction of sp³-hybridized carbons (Fsp3) is 0.400. The van der Waals surface area contributed by atoms with Gasteiger partial charge in [0.05, 0.1) is 4.47 Å². The highest BCUT2D eigenvalue weighted by Crippen LogP contribution is 2.34. The molecule has 0 aromatic heterocycles. The molecule has 0 fully saturated rings. The summed E-state index contributed by atoms with van der Waals surface area (Å²) < 4.78 is 13.0. The first-order valence-corrected chi connectivity index (χ1v) is 5.29. The van der Waals surface area contributed by atoms with Crippen molar-refractivity contribution in [3.8, 4) is 5.75 Å². The van der Waals surface area contributed by atoms with E-state index in [2.05, 4.69) is 15.9 Å². The summed E-state index contributed by atoms with van der Waals surface area (Å²) in [6.45, 7) is 2.01. The Labute approximate surface area is 103 Å². The van der Waals surface area contributed by atoms with Gasteiger partial charge in [-0.2, -0.15) is 0 Å². The monoisotopic (exact) mass is 297 g/mol. The van der Waals surface area contributed by atoms with Crippen LogP contribution in [-0.2, 0) is 0 Å². The first-order chi connectivity index (χ1) is 6.57. The molecule has 0 heterocycles. The van der Waals surface area contributed by atoms with Crippen molar-refractivity contribution in [3.05, 3.63) is 28.0 Å². The second-order valence-electron chi connectivity index (χ2n) is 3.19. The maximum Gasteiger partial charge on any atom is 0.141 e. The van der Waals surface area contributed by atoms with Crippen LogP contribution in [0, 0.1) is 5.82 Å². The summed E-state index contributed by atoms with van der Waals surface area (Å²) in [5, 5.41) is 9.61. The third-order valence-electron chi connectivity index (χ3n) is 2.10. The van der Waals surface area contributed by atoms with Gasteiger partial charge in [-0.05, 0) is 28.4 Å². The Morgan fingerprint density at radius 3 is 2.67 bits per heavy atom. The van der Waals surface area contributed by atoms with E-state index in [9.17, 15) is 9.50 Å². The molecule has 0 bridgehead atoms. The Hall–Kier alpha value is -0.320. The summed E-state index contributed by atoms with van der Waals surface area (Å²) >= 11 is 2.97. The molecule has 15 heavy (non-hydrogen) atoms. The number of aromatic hydroxyl groups is 1. The molecular formula is C10H14BrClFNO. The van der Waals surface area contributed by atoms with Crippen LogP contribution in [0.3, 0.4) is 0 Å². The molecular weight excluding hydrogens is 284 g/mol. The molecule has 0 saturated carbocycles. The molecule has 86 valence electrons. The van der Waals surface area contributed by atoms with Gasteiger partial charge in [-0.3, -0.25) is 0 Å². The number of nitrogens with two attached hydrogens (primary N) is 1. The lowest BCUT2D eigenvalue weighted by atomic mass is 10.0. The average Bonchev–Trinajstić information content (AvgIpc) is 2.15. The fourth-order valence-corrected chi connectivity index (χ4v) is 1.68. The number of halogens is 3. The standard InChI is InChI=1S/C10H13BrFNO.ClH/c1-2-3-8(13)6-4-5-7(12)9(11)10(6)14;/h4-5,8,14H,2-3,13H2,1H3;1H/t8-;/m0./s1. The van der Waals surface area contributed by atoms with E-state index in [0.717, 1.165) is 12.8 Å². The van der Waals surface area contributed by atoms with Gasteiger partial charge in [0.25, 0.3) is 0 Å². The maximum absolute atomic E-state index is 13.0. The van der Waals surface area contributed by atoms with Crippen LogP contribution in [0.1, 0.15) is 31.4 Å². The van der Waals surface area contributed by atoms with Crippen molar-refractivity contribution in [2.75, 3.05) is 0 Å². The largest absolute Gasteiger partial charge is 0.506 e. The number of rotatable bonds is 3. The molecule has 0 aliphatic carbocycles. The lowest BCUT2D eigenvalue weighted by molar-refractivity contribution is 0.447. The Morgan fingerprint density at radius 1 is 1.53 bits per heavy atom. The van der Waals surface area contributed by atoms with Gasteiger partial charge < -0.3 is 10.8 Å². The maximum atomic E-state index is 13.0. The van der Waals surface area contributed by atoms with Crippen molar-refractivity contribution in [1.82, 2.24) is 0 Å². The van der Waals surface area contributed by atoms with E-state index in [0.29, 0.717) is 5.56 Å². The van der Waals surface area contributed by atoms with Gasteiger partial charge in [-0.25, -0.2) is 4.39 Å². The molecule has 3 N–H and O–H groups in total. The van der Waals surface area contributed by atoms with Crippen molar-refractivity contribution < 1.29 is 9.50 Å². The number of benzene rings is 1. The van der Waals surface area contributed by atoms with Crippen molar-refractivity contribution in [1.29, 1.82) is 0 Å². The van der Waals surface area contributed by atoms with Crippen LogP contribution in [0.2, 0.25) is 0 Å². The van der Waals surface area contributed by atoms with Gasteiger partial charge in [0.15, 0.2) is 0 Å². The molecule has 1 atom stereocenters. The second-order valence-corrected chi connectivity index (χ2v) is 3.99. The van der Waals surface area contributed by atoms with Crippen LogP contribution in [-0.4, -0.2) is 5.11 Å². The van der Waals surface area contributed by atoms with Gasteiger partial charge in [-0.1, -0.05) is 19.4 Å². The number of phenolic OH excluding ortho intramolecular Hbond substituents is 1. The Morgan fingerprint density at radius 2 is 2.13 bits per heavy atom. The highest BCUT2D eigenvalue weighted by Gasteiger charge is 2.14. The van der Waals surface area contributed by atoms with Crippen molar-refractivity contribution >= 4 is 28.3 Å². The lowest BCUT2D eigenvalue weighted by Crippen LogP contribution is -2.10. The van der Waals surface area contributed by atoms with E-state index >= 15 is 0 Å². The van der Waals surface area contributed by atoms with Crippen LogP contribution in [0.25, 0.3) is 0 Å². The third-order valence-corrected chi connectivity index (χ3v) is 2.85. The normalized spacial score (nSPS) is 12.0. The van der Waals surface area contributed by atoms with E-state index in [1.807, 2.05) is 6.92 Å². The van der Waals surface area contributed by atoms with Crippen molar-refractivity contribution in [2.45, 2.75) is 25.8 Å². The zero-order chi connectivity index (χ0) is 10.7. The van der Waals surface area contributed by atoms with E-state index in [1.165, 1.54) is 12.1 Å². The molecule has 5 heteroatoms. The molecule has 1 aromatic rings. The quantitative estimate of drug-likeness (QED) is 0.897. The van der Waals surface area contributed by atoms with Crippen LogP contribution in [0.5, 0.6) is 5.75 Å². The first kappa shape index (κ1) is 14.7. The van der Waals surface area contributed by atoms with Crippen LogP contribution in [0.15, 0.2) is 16.6 Å². The van der Waals surface area contributed by atoms with Gasteiger partial charge in [0.2, 0.25) is 0 Å². The van der Waals surface area contributed by atoms with E-state index in [1.54, 1.807) is 0 Å². The van der Waals surface area contributed by atoms with Crippen molar-refractivity contribution in [2.24, 2.45) is 5.73 Å². The Bertz CT molecular complexity index is 335. The molecule has 2 nitrogen and oxygen atoms in total. The van der Waals surface area contributed by atoms with Gasteiger partial charge >= 0.3 is 0 Å². The molecule has 0 aliphatic heterocycles. The predicted molar refractivity (Wildman–Crippen MR) is 64.8 cm³/mol. The molecule has 0 unspecified atom stereocenters. The molecule has 0 amide bonds. The summed E-state index contributed by atoms with van der Waals surface area (Å²) in [5.41, 5.74) is 6.41. The lowest BCUT2D eigenvalue weighted by Gasteiger charge is -2.13. The summed E-state index contributed by atoms with van der Waals surface area (Å²) in [5.74, 6) is -0.569.